The number of nitrogens with one attached hydrogen (secondary N) is 1. The molecule has 1 aromatic rings. The van der Waals surface area contributed by atoms with E-state index < -0.39 is 0 Å². The minimum Gasteiger partial charge on any atom is -0.320 e. The molecule has 1 amide bonds. The summed E-state index contributed by atoms with van der Waals surface area (Å²) in [6.45, 7) is 0.496. The summed E-state index contributed by atoms with van der Waals surface area (Å²) in [5, 5.41) is 3.49. The molecule has 1 saturated carbocycles. The highest BCUT2D eigenvalue weighted by atomic mass is 35.5. The second kappa shape index (κ2) is 5.93. The molecule has 0 spiro atoms. The van der Waals surface area contributed by atoms with Gasteiger partial charge in [-0.15, -0.1) is 0 Å². The van der Waals surface area contributed by atoms with E-state index in [4.69, 9.17) is 11.6 Å². The van der Waals surface area contributed by atoms with Crippen molar-refractivity contribution in [1.82, 2.24) is 0 Å². The fourth-order valence-electron chi connectivity index (χ4n) is 2.85. The van der Waals surface area contributed by atoms with E-state index in [2.05, 4.69) is 19.4 Å². The van der Waals surface area contributed by atoms with Gasteiger partial charge in [0.1, 0.15) is 0 Å². The van der Waals surface area contributed by atoms with E-state index in [0.29, 0.717) is 23.3 Å². The smallest absolute Gasteiger partial charge is 0.279 e. The van der Waals surface area contributed by atoms with E-state index in [-0.39, 0.29) is 5.91 Å². The van der Waals surface area contributed by atoms with Gasteiger partial charge in [-0.25, -0.2) is 0 Å². The molecule has 0 aromatic heterocycles. The lowest BCUT2D eigenvalue weighted by atomic mass is 10.2. The molecule has 0 aliphatic heterocycles. The van der Waals surface area contributed by atoms with Gasteiger partial charge in [-0.1, -0.05) is 23.7 Å². The number of carbonyl (C=O) groups is 1. The van der Waals surface area contributed by atoms with E-state index >= 15 is 0 Å². The number of hydrogen-bond acceptors (Lipinski definition) is 1. The first-order chi connectivity index (χ1) is 8.99. The van der Waals surface area contributed by atoms with Crippen LogP contribution in [0.2, 0.25) is 5.02 Å². The summed E-state index contributed by atoms with van der Waals surface area (Å²) in [5.74, 6) is 0.0324. The van der Waals surface area contributed by atoms with Crippen LogP contribution in [0.1, 0.15) is 25.7 Å². The van der Waals surface area contributed by atoms with Gasteiger partial charge in [-0.2, -0.15) is 0 Å². The maximum Gasteiger partial charge on any atom is 0.279 e. The average Bonchev–Trinajstić information content (AvgIpc) is 2.85. The number of rotatable bonds is 4. The highest BCUT2D eigenvalue weighted by Gasteiger charge is 2.33. The van der Waals surface area contributed by atoms with E-state index in [1.54, 1.807) is 6.07 Å². The van der Waals surface area contributed by atoms with Crippen LogP contribution in [0.3, 0.4) is 0 Å². The van der Waals surface area contributed by atoms with Gasteiger partial charge in [0, 0.05) is 0 Å². The third kappa shape index (κ3) is 3.71. The third-order valence-corrected chi connectivity index (χ3v) is 4.34. The molecule has 1 aliphatic carbocycles. The predicted octanol–water partition coefficient (Wildman–Crippen LogP) is 3.30. The standard InChI is InChI=1S/C15H21ClN2O/c1-18(2,12-7-3-4-8-12)11-15(19)17-14-10-6-5-9-13(14)16/h5-6,9-10,12H,3-4,7-8,11H2,1-2H3/p+1. The molecule has 0 heterocycles. The second-order valence-electron chi connectivity index (χ2n) is 5.90. The van der Waals surface area contributed by atoms with Crippen LogP contribution in [-0.2, 0) is 4.79 Å². The van der Waals surface area contributed by atoms with Crippen molar-refractivity contribution in [2.45, 2.75) is 31.7 Å². The fraction of sp³-hybridized carbons (Fsp3) is 0.533. The van der Waals surface area contributed by atoms with Crippen molar-refractivity contribution in [2.75, 3.05) is 26.0 Å². The molecule has 1 aliphatic rings. The lowest BCUT2D eigenvalue weighted by Crippen LogP contribution is -2.51. The van der Waals surface area contributed by atoms with Gasteiger partial charge in [-0.3, -0.25) is 4.79 Å². The molecule has 0 saturated heterocycles. The molecule has 0 radical (unpaired) electrons. The molecule has 1 aromatic carbocycles. The first-order valence-electron chi connectivity index (χ1n) is 6.86. The molecule has 104 valence electrons. The summed E-state index contributed by atoms with van der Waals surface area (Å²) in [7, 11) is 4.28. The number of likely N-dealkylation sites (N-methyl/N-ethyl adjacent to an activating group) is 1. The molecular weight excluding hydrogens is 260 g/mol. The Morgan fingerprint density at radius 3 is 2.58 bits per heavy atom. The van der Waals surface area contributed by atoms with Crippen LogP contribution in [0, 0.1) is 0 Å². The maximum atomic E-state index is 12.2. The highest BCUT2D eigenvalue weighted by molar-refractivity contribution is 6.33. The number of benzene rings is 1. The largest absolute Gasteiger partial charge is 0.320 e. The number of hydrogen-bond donors (Lipinski definition) is 1. The Morgan fingerprint density at radius 2 is 1.95 bits per heavy atom. The molecule has 4 heteroatoms. The molecule has 0 bridgehead atoms. The molecule has 0 atom stereocenters. The average molecular weight is 282 g/mol. The van der Waals surface area contributed by atoms with Gasteiger partial charge in [0.25, 0.3) is 5.91 Å². The Labute approximate surface area is 120 Å². The minimum atomic E-state index is 0.0324. The summed E-state index contributed by atoms with van der Waals surface area (Å²) in [6, 6.07) is 7.95. The van der Waals surface area contributed by atoms with Crippen LogP contribution in [-0.4, -0.2) is 37.1 Å². The lowest BCUT2D eigenvalue weighted by molar-refractivity contribution is -0.906. The van der Waals surface area contributed by atoms with Gasteiger partial charge >= 0.3 is 0 Å². The van der Waals surface area contributed by atoms with Crippen molar-refractivity contribution in [1.29, 1.82) is 0 Å². The van der Waals surface area contributed by atoms with Crippen LogP contribution in [0.5, 0.6) is 0 Å². The van der Waals surface area contributed by atoms with Crippen molar-refractivity contribution >= 4 is 23.2 Å². The summed E-state index contributed by atoms with van der Waals surface area (Å²) in [5.41, 5.74) is 0.695. The zero-order valence-electron chi connectivity index (χ0n) is 11.7. The number of nitrogens with zero attached hydrogens (tertiary/aromatic N) is 1. The Kier molecular flexibility index (Phi) is 4.48. The lowest BCUT2D eigenvalue weighted by Gasteiger charge is -2.35. The molecule has 2 rings (SSSR count). The number of quaternary nitrogens is 1. The number of carbonyl (C=O) groups excluding carboxylic acids is 1. The van der Waals surface area contributed by atoms with Crippen molar-refractivity contribution in [3.8, 4) is 0 Å². The molecular formula is C15H22ClN2O+. The van der Waals surface area contributed by atoms with Gasteiger partial charge in [-0.05, 0) is 37.8 Å². The van der Waals surface area contributed by atoms with Crippen LogP contribution in [0.15, 0.2) is 24.3 Å². The maximum absolute atomic E-state index is 12.2. The first kappa shape index (κ1) is 14.4. The Morgan fingerprint density at radius 1 is 1.32 bits per heavy atom. The van der Waals surface area contributed by atoms with Gasteiger partial charge in [0.15, 0.2) is 6.54 Å². The SMILES string of the molecule is C[N+](C)(CC(=O)Nc1ccccc1Cl)C1CCCC1. The quantitative estimate of drug-likeness (QED) is 0.843. The number of para-hydroxylation sites is 1. The topological polar surface area (TPSA) is 29.1 Å². The van der Waals surface area contributed by atoms with E-state index in [1.807, 2.05) is 18.2 Å². The summed E-state index contributed by atoms with van der Waals surface area (Å²) in [6.07, 6.45) is 5.04. The van der Waals surface area contributed by atoms with Crippen molar-refractivity contribution in [3.63, 3.8) is 0 Å². The zero-order chi connectivity index (χ0) is 13.9. The Bertz CT molecular complexity index is 453. The Hall–Kier alpha value is -1.06. The van der Waals surface area contributed by atoms with Crippen molar-refractivity contribution < 1.29 is 9.28 Å². The minimum absolute atomic E-state index is 0.0324. The normalized spacial score (nSPS) is 16.6. The summed E-state index contributed by atoms with van der Waals surface area (Å²) < 4.78 is 0.760. The number of anilines is 1. The first-order valence-corrected chi connectivity index (χ1v) is 7.24. The van der Waals surface area contributed by atoms with E-state index in [1.165, 1.54) is 25.7 Å². The summed E-state index contributed by atoms with van der Waals surface area (Å²) >= 11 is 6.05. The van der Waals surface area contributed by atoms with Crippen molar-refractivity contribution in [2.24, 2.45) is 0 Å². The predicted molar refractivity (Wildman–Crippen MR) is 79.3 cm³/mol. The van der Waals surface area contributed by atoms with Crippen molar-refractivity contribution in [3.05, 3.63) is 29.3 Å². The summed E-state index contributed by atoms with van der Waals surface area (Å²) in [4.78, 5) is 12.2. The molecule has 19 heavy (non-hydrogen) atoms. The monoisotopic (exact) mass is 281 g/mol. The molecule has 1 N–H and O–H groups in total. The second-order valence-corrected chi connectivity index (χ2v) is 6.31. The molecule has 3 nitrogen and oxygen atoms in total. The van der Waals surface area contributed by atoms with Crippen LogP contribution < -0.4 is 5.32 Å². The van der Waals surface area contributed by atoms with Crippen LogP contribution in [0.4, 0.5) is 5.69 Å². The molecule has 1 fully saturated rings. The number of halogens is 1. The van der Waals surface area contributed by atoms with Gasteiger partial charge in [0.05, 0.1) is 30.8 Å². The highest BCUT2D eigenvalue weighted by Crippen LogP contribution is 2.27. The van der Waals surface area contributed by atoms with Gasteiger partial charge in [0.2, 0.25) is 0 Å². The Balaban J connectivity index is 1.95. The van der Waals surface area contributed by atoms with E-state index in [9.17, 15) is 4.79 Å². The zero-order valence-corrected chi connectivity index (χ0v) is 12.4. The van der Waals surface area contributed by atoms with Crippen LogP contribution >= 0.6 is 11.6 Å². The van der Waals surface area contributed by atoms with Crippen LogP contribution in [0.25, 0.3) is 0 Å². The van der Waals surface area contributed by atoms with E-state index in [0.717, 1.165) is 4.48 Å². The fourth-order valence-corrected chi connectivity index (χ4v) is 3.04. The third-order valence-electron chi connectivity index (χ3n) is 4.01. The van der Waals surface area contributed by atoms with Gasteiger partial charge < -0.3 is 9.80 Å². The molecule has 0 unspecified atom stereocenters. The number of amides is 1.